The number of pyridine rings is 1. The van der Waals surface area contributed by atoms with Crippen molar-refractivity contribution in [1.29, 1.82) is 0 Å². The van der Waals surface area contributed by atoms with Crippen LogP contribution in [0.5, 0.6) is 11.5 Å². The Kier molecular flexibility index (Phi) is 5.67. The van der Waals surface area contributed by atoms with Crippen LogP contribution < -0.4 is 14.8 Å². The van der Waals surface area contributed by atoms with E-state index in [0.717, 1.165) is 59.0 Å². The number of amides is 1. The third-order valence-corrected chi connectivity index (χ3v) is 6.74. The summed E-state index contributed by atoms with van der Waals surface area (Å²) < 4.78 is 11.1. The number of methoxy groups -OCH3 is 2. The lowest BCUT2D eigenvalue weighted by Crippen LogP contribution is -2.37. The number of hydrogen-bond donors (Lipinski definition) is 2. The fourth-order valence-electron chi connectivity index (χ4n) is 4.82. The molecule has 1 amide bonds. The highest BCUT2D eigenvalue weighted by Gasteiger charge is 2.23. The van der Waals surface area contributed by atoms with Crippen LogP contribution >= 0.6 is 0 Å². The largest absolute Gasteiger partial charge is 0.497 e. The standard InChI is InChI=1S/C27H29N3O3/c1-16-8-10-17(11-9-16)28-27(31)23-15-20-19-6-4-5-7-22(19)29-25(20)26(30-23)21-14-18(32-2)12-13-24(21)33-3/h4-7,12-17,29H,8-11H2,1-3H3,(H,28,31). The SMILES string of the molecule is COc1ccc(OC)c(-c2nc(C(=O)NC3CCC(C)CC3)cc3c2[nH]c2ccccc23)c1. The van der Waals surface area contributed by atoms with Crippen LogP contribution in [-0.4, -0.2) is 36.1 Å². The lowest BCUT2D eigenvalue weighted by atomic mass is 9.87. The molecule has 0 spiro atoms. The number of carbonyl (C=O) groups excluding carboxylic acids is 1. The van der Waals surface area contributed by atoms with Gasteiger partial charge in [-0.3, -0.25) is 4.79 Å². The molecule has 0 bridgehead atoms. The normalized spacial score (nSPS) is 18.4. The van der Waals surface area contributed by atoms with Crippen molar-refractivity contribution in [3.05, 3.63) is 54.2 Å². The molecule has 0 atom stereocenters. The van der Waals surface area contributed by atoms with Crippen LogP contribution in [-0.2, 0) is 0 Å². The summed E-state index contributed by atoms with van der Waals surface area (Å²) in [5, 5.41) is 5.24. The molecule has 33 heavy (non-hydrogen) atoms. The topological polar surface area (TPSA) is 76.2 Å². The molecule has 1 saturated carbocycles. The quantitative estimate of drug-likeness (QED) is 0.414. The number of aromatic amines is 1. The van der Waals surface area contributed by atoms with E-state index >= 15 is 0 Å². The number of ether oxygens (including phenoxy) is 2. The van der Waals surface area contributed by atoms with Gasteiger partial charge in [-0.1, -0.05) is 25.1 Å². The molecule has 2 aromatic carbocycles. The van der Waals surface area contributed by atoms with Gasteiger partial charge in [-0.2, -0.15) is 0 Å². The average molecular weight is 444 g/mol. The minimum atomic E-state index is -0.134. The van der Waals surface area contributed by atoms with E-state index in [1.165, 1.54) is 0 Å². The zero-order chi connectivity index (χ0) is 22.9. The molecule has 170 valence electrons. The van der Waals surface area contributed by atoms with E-state index < -0.39 is 0 Å². The van der Waals surface area contributed by atoms with Gasteiger partial charge in [0.1, 0.15) is 17.2 Å². The van der Waals surface area contributed by atoms with Crippen molar-refractivity contribution in [2.24, 2.45) is 5.92 Å². The molecule has 1 aliphatic carbocycles. The predicted molar refractivity (Wildman–Crippen MR) is 131 cm³/mol. The van der Waals surface area contributed by atoms with E-state index in [9.17, 15) is 4.79 Å². The Morgan fingerprint density at radius 1 is 1.00 bits per heavy atom. The van der Waals surface area contributed by atoms with Gasteiger partial charge >= 0.3 is 0 Å². The number of aromatic nitrogens is 2. The summed E-state index contributed by atoms with van der Waals surface area (Å²) >= 11 is 0. The highest BCUT2D eigenvalue weighted by Crippen LogP contribution is 2.38. The van der Waals surface area contributed by atoms with Crippen LogP contribution in [0.3, 0.4) is 0 Å². The lowest BCUT2D eigenvalue weighted by Gasteiger charge is -2.26. The molecule has 0 aliphatic heterocycles. The van der Waals surface area contributed by atoms with Crippen LogP contribution in [0.2, 0.25) is 0 Å². The highest BCUT2D eigenvalue weighted by molar-refractivity contribution is 6.13. The van der Waals surface area contributed by atoms with Crippen LogP contribution in [0.25, 0.3) is 33.1 Å². The van der Waals surface area contributed by atoms with Crippen molar-refractivity contribution in [2.45, 2.75) is 38.6 Å². The lowest BCUT2D eigenvalue weighted by molar-refractivity contribution is 0.0918. The maximum atomic E-state index is 13.3. The van der Waals surface area contributed by atoms with Gasteiger partial charge in [0.25, 0.3) is 5.91 Å². The van der Waals surface area contributed by atoms with Crippen molar-refractivity contribution in [3.8, 4) is 22.8 Å². The second-order valence-electron chi connectivity index (χ2n) is 8.95. The molecular weight excluding hydrogens is 414 g/mol. The van der Waals surface area contributed by atoms with Crippen molar-refractivity contribution in [1.82, 2.24) is 15.3 Å². The molecule has 1 fully saturated rings. The van der Waals surface area contributed by atoms with E-state index in [-0.39, 0.29) is 11.9 Å². The zero-order valence-electron chi connectivity index (χ0n) is 19.3. The Hall–Kier alpha value is -3.54. The second-order valence-corrected chi connectivity index (χ2v) is 8.95. The predicted octanol–water partition coefficient (Wildman–Crippen LogP) is 5.71. The summed E-state index contributed by atoms with van der Waals surface area (Å²) in [4.78, 5) is 21.7. The molecular formula is C27H29N3O3. The molecule has 0 unspecified atom stereocenters. The van der Waals surface area contributed by atoms with E-state index in [4.69, 9.17) is 14.5 Å². The number of H-pyrrole nitrogens is 1. The van der Waals surface area contributed by atoms with Gasteiger partial charge in [0.15, 0.2) is 0 Å². The van der Waals surface area contributed by atoms with Gasteiger partial charge in [-0.05, 0) is 61.9 Å². The second kappa shape index (κ2) is 8.77. The molecule has 2 aromatic heterocycles. The minimum Gasteiger partial charge on any atom is -0.497 e. The Morgan fingerprint density at radius 2 is 1.79 bits per heavy atom. The van der Waals surface area contributed by atoms with Gasteiger partial charge in [-0.25, -0.2) is 4.98 Å². The molecule has 0 radical (unpaired) electrons. The maximum absolute atomic E-state index is 13.3. The zero-order valence-corrected chi connectivity index (χ0v) is 19.3. The molecule has 2 heterocycles. The van der Waals surface area contributed by atoms with E-state index in [1.54, 1.807) is 14.2 Å². The van der Waals surface area contributed by atoms with Gasteiger partial charge in [-0.15, -0.1) is 0 Å². The van der Waals surface area contributed by atoms with Gasteiger partial charge in [0.2, 0.25) is 0 Å². The molecule has 2 N–H and O–H groups in total. The molecule has 6 heteroatoms. The van der Waals surface area contributed by atoms with E-state index in [0.29, 0.717) is 22.9 Å². The summed E-state index contributed by atoms with van der Waals surface area (Å²) in [6.07, 6.45) is 4.32. The number of nitrogens with one attached hydrogen (secondary N) is 2. The Labute approximate surface area is 193 Å². The van der Waals surface area contributed by atoms with Crippen molar-refractivity contribution in [3.63, 3.8) is 0 Å². The molecule has 1 aliphatic rings. The Balaban J connectivity index is 1.66. The van der Waals surface area contributed by atoms with E-state index in [1.807, 2.05) is 42.5 Å². The molecule has 4 aromatic rings. The number of rotatable bonds is 5. The van der Waals surface area contributed by atoms with Crippen LogP contribution in [0.15, 0.2) is 48.5 Å². The molecule has 5 rings (SSSR count). The van der Waals surface area contributed by atoms with Crippen LogP contribution in [0, 0.1) is 5.92 Å². The van der Waals surface area contributed by atoms with Crippen LogP contribution in [0.1, 0.15) is 43.1 Å². The fourth-order valence-corrected chi connectivity index (χ4v) is 4.82. The molecule has 6 nitrogen and oxygen atoms in total. The van der Waals surface area contributed by atoms with Gasteiger partial charge in [0, 0.05) is 27.9 Å². The number of benzene rings is 2. The third-order valence-electron chi connectivity index (χ3n) is 6.74. The first-order valence-corrected chi connectivity index (χ1v) is 11.5. The third kappa shape index (κ3) is 4.01. The summed E-state index contributed by atoms with van der Waals surface area (Å²) in [5.41, 5.74) is 3.71. The number of fused-ring (bicyclic) bond motifs is 3. The molecule has 0 saturated heterocycles. The number of carbonyl (C=O) groups is 1. The van der Waals surface area contributed by atoms with Crippen molar-refractivity contribution in [2.75, 3.05) is 14.2 Å². The number of nitrogens with zero attached hydrogens (tertiary/aromatic N) is 1. The van der Waals surface area contributed by atoms with Crippen molar-refractivity contribution >= 4 is 27.7 Å². The first-order chi connectivity index (χ1) is 16.1. The maximum Gasteiger partial charge on any atom is 0.270 e. The average Bonchev–Trinajstić information content (AvgIpc) is 3.23. The summed E-state index contributed by atoms with van der Waals surface area (Å²) in [5.74, 6) is 1.96. The highest BCUT2D eigenvalue weighted by atomic mass is 16.5. The van der Waals surface area contributed by atoms with Gasteiger partial charge in [0.05, 0.1) is 25.4 Å². The Morgan fingerprint density at radius 3 is 2.55 bits per heavy atom. The number of hydrogen-bond acceptors (Lipinski definition) is 4. The number of para-hydroxylation sites is 1. The van der Waals surface area contributed by atoms with Crippen LogP contribution in [0.4, 0.5) is 0 Å². The van der Waals surface area contributed by atoms with Gasteiger partial charge < -0.3 is 19.8 Å². The summed E-state index contributed by atoms with van der Waals surface area (Å²) in [6, 6.07) is 15.8. The minimum absolute atomic E-state index is 0.134. The smallest absolute Gasteiger partial charge is 0.270 e. The monoisotopic (exact) mass is 443 g/mol. The Bertz CT molecular complexity index is 1320. The summed E-state index contributed by atoms with van der Waals surface area (Å²) in [6.45, 7) is 2.28. The first-order valence-electron chi connectivity index (χ1n) is 11.5. The van der Waals surface area contributed by atoms with Crippen molar-refractivity contribution < 1.29 is 14.3 Å². The summed E-state index contributed by atoms with van der Waals surface area (Å²) in [7, 11) is 3.26. The van der Waals surface area contributed by atoms with E-state index in [2.05, 4.69) is 23.3 Å². The fraction of sp³-hybridized carbons (Fsp3) is 0.333. The first kappa shape index (κ1) is 21.3.